The molecular formula is C76H146O17S. The van der Waals surface area contributed by atoms with E-state index in [-0.39, 0.29) is 18.4 Å². The Morgan fingerprint density at radius 1 is 0.415 bits per heavy atom. The molecule has 18 heteroatoms. The lowest BCUT2D eigenvalue weighted by molar-refractivity contribution is -0.374. The van der Waals surface area contributed by atoms with Gasteiger partial charge in [-0.3, -0.25) is 14.1 Å². The summed E-state index contributed by atoms with van der Waals surface area (Å²) in [5, 5.41) is 64.5. The van der Waals surface area contributed by atoms with E-state index in [0.29, 0.717) is 60.2 Å². The minimum atomic E-state index is -5.32. The first-order valence-corrected chi connectivity index (χ1v) is 40.1. The van der Waals surface area contributed by atoms with Gasteiger partial charge in [0.05, 0.1) is 25.2 Å². The largest absolute Gasteiger partial charge is 0.455 e. The highest BCUT2D eigenvalue weighted by Gasteiger charge is 2.55. The van der Waals surface area contributed by atoms with Gasteiger partial charge in [0.15, 0.2) is 24.6 Å². The predicted octanol–water partition coefficient (Wildman–Crippen LogP) is 16.5. The molecule has 558 valence electrons. The van der Waals surface area contributed by atoms with Gasteiger partial charge in [-0.15, -0.1) is 0 Å². The zero-order valence-corrected chi connectivity index (χ0v) is 62.6. The molecule has 2 saturated heterocycles. The third-order valence-electron chi connectivity index (χ3n) is 20.5. The Hall–Kier alpha value is -1.55. The van der Waals surface area contributed by atoms with E-state index in [1.54, 1.807) is 6.92 Å². The second-order valence-corrected chi connectivity index (χ2v) is 32.1. The zero-order chi connectivity index (χ0) is 70.0. The Kier molecular flexibility index (Phi) is 48.6. The Morgan fingerprint density at radius 3 is 1.12 bits per heavy atom. The van der Waals surface area contributed by atoms with Crippen molar-refractivity contribution >= 4 is 22.3 Å². The minimum Gasteiger partial charge on any atom is -0.455 e. The van der Waals surface area contributed by atoms with Crippen molar-refractivity contribution in [2.24, 2.45) is 59.2 Å². The van der Waals surface area contributed by atoms with Crippen LogP contribution in [0.5, 0.6) is 0 Å². The number of esters is 2. The summed E-state index contributed by atoms with van der Waals surface area (Å²) in [6.45, 7) is 25.5. The van der Waals surface area contributed by atoms with E-state index in [9.17, 15) is 53.2 Å². The molecule has 0 aromatic rings. The third kappa shape index (κ3) is 39.4. The smallest absolute Gasteiger partial charge is 0.397 e. The van der Waals surface area contributed by atoms with Gasteiger partial charge in [0.25, 0.3) is 0 Å². The zero-order valence-electron chi connectivity index (χ0n) is 61.7. The van der Waals surface area contributed by atoms with Gasteiger partial charge < -0.3 is 54.3 Å². The van der Waals surface area contributed by atoms with Crippen LogP contribution < -0.4 is 0 Å². The van der Waals surface area contributed by atoms with Gasteiger partial charge in [-0.2, -0.15) is 8.42 Å². The highest BCUT2D eigenvalue weighted by molar-refractivity contribution is 7.80. The SMILES string of the molecule is CCCCCCCCCCCCCCCCC[C@H](O)[C@H](C)C[C@H](C)C[C@H](C)C[C@H](C)C[C@H](C)C[C@H](C)C[C@H](C)C[C@H](C)C[C@H](C)C[C@@H](C)C(=O)O[C@@H]1[C@@H](O)[C@H](CO)O[C@@H](O[C@H]2O[C@H](CO)[C@@H](O)[C@H](O)[C@H]2OS(=O)(=O)O)[C@H]1OC(=O)CCCCCCCCCCCCCCC. The van der Waals surface area contributed by atoms with Gasteiger partial charge in [0.2, 0.25) is 6.29 Å². The van der Waals surface area contributed by atoms with E-state index < -0.39 is 103 Å². The van der Waals surface area contributed by atoms with Gasteiger partial charge >= 0.3 is 22.3 Å². The second kappa shape index (κ2) is 51.6. The molecular weight excluding hydrogens is 1220 g/mol. The van der Waals surface area contributed by atoms with E-state index in [1.807, 2.05) is 0 Å². The molecule has 2 aliphatic rings. The maximum atomic E-state index is 14.1. The second-order valence-electron chi connectivity index (χ2n) is 31.0. The van der Waals surface area contributed by atoms with Crippen molar-refractivity contribution in [3.63, 3.8) is 0 Å². The van der Waals surface area contributed by atoms with Crippen LogP contribution in [0.3, 0.4) is 0 Å². The normalized spacial score (nSPS) is 25.6. The molecule has 21 atom stereocenters. The van der Waals surface area contributed by atoms with Crippen molar-refractivity contribution in [1.82, 2.24) is 0 Å². The van der Waals surface area contributed by atoms with Crippen molar-refractivity contribution < 1.29 is 81.1 Å². The average molecular weight is 1360 g/mol. The minimum absolute atomic E-state index is 0.0538. The molecule has 0 saturated carbocycles. The standard InChI is InChI=1S/C76H146O17S/c1-13-15-17-19-21-23-25-27-28-30-31-33-35-37-39-41-64(79)62(11)50-60(9)48-58(7)46-56(5)44-54(3)43-55(4)45-57(6)47-59(8)49-61(10)51-63(12)74(84)91-71-69(82)66(53-78)89-76(92-75-72(93-94(85,86)87)70(83)68(81)65(52-77)88-75)73(71)90-67(80)42-40-38-36-34-32-29-26-24-22-20-18-16-14-2/h54-66,68-73,75-79,81-83H,13-53H2,1-12H3,(H,85,86,87)/t54-,55+,56-,57+,58-,59+,60-,61+,62-,63-,64+,65-,66+,68-,69+,70+,71-,72-,73+,75-,76+/m1/s1. The first-order chi connectivity index (χ1) is 44.7. The first kappa shape index (κ1) is 88.5. The highest BCUT2D eigenvalue weighted by atomic mass is 32.3. The first-order valence-electron chi connectivity index (χ1n) is 38.7. The summed E-state index contributed by atoms with van der Waals surface area (Å²) in [7, 11) is -5.32. The Bertz CT molecular complexity index is 1980. The number of carbonyl (C=O) groups excluding carboxylic acids is 2. The molecule has 0 radical (unpaired) electrons. The molecule has 0 unspecified atom stereocenters. The van der Waals surface area contributed by atoms with Crippen molar-refractivity contribution in [2.45, 2.75) is 401 Å². The Morgan fingerprint density at radius 2 is 0.745 bits per heavy atom. The average Bonchev–Trinajstić information content (AvgIpc) is 0.781. The number of hydrogen-bond acceptors (Lipinski definition) is 16. The van der Waals surface area contributed by atoms with Gasteiger partial charge in [0, 0.05) is 6.42 Å². The Labute approximate surface area is 574 Å². The van der Waals surface area contributed by atoms with Crippen LogP contribution in [0.4, 0.5) is 0 Å². The number of aliphatic hydroxyl groups excluding tert-OH is 6. The van der Waals surface area contributed by atoms with Crippen LogP contribution in [0, 0.1) is 59.2 Å². The molecule has 2 heterocycles. The van der Waals surface area contributed by atoms with Gasteiger partial charge in [0.1, 0.15) is 30.5 Å². The van der Waals surface area contributed by atoms with Crippen LogP contribution >= 0.6 is 0 Å². The molecule has 17 nitrogen and oxygen atoms in total. The maximum absolute atomic E-state index is 14.1. The molecule has 2 aliphatic heterocycles. The molecule has 2 rings (SSSR count). The van der Waals surface area contributed by atoms with E-state index in [0.717, 1.165) is 70.6 Å². The van der Waals surface area contributed by atoms with Gasteiger partial charge in [-0.1, -0.05) is 256 Å². The van der Waals surface area contributed by atoms with Crippen molar-refractivity contribution in [1.29, 1.82) is 0 Å². The van der Waals surface area contributed by atoms with Crippen LogP contribution in [0.1, 0.15) is 333 Å². The number of ether oxygens (including phenoxy) is 5. The van der Waals surface area contributed by atoms with Crippen LogP contribution in [0.25, 0.3) is 0 Å². The molecule has 94 heavy (non-hydrogen) atoms. The van der Waals surface area contributed by atoms with E-state index in [4.69, 9.17) is 23.7 Å². The topological polar surface area (TPSA) is 265 Å². The summed E-state index contributed by atoms with van der Waals surface area (Å²) in [6.07, 6.45) is 26.4. The number of aliphatic hydroxyl groups is 6. The van der Waals surface area contributed by atoms with Crippen molar-refractivity contribution in [2.75, 3.05) is 13.2 Å². The lowest BCUT2D eigenvalue weighted by Gasteiger charge is -2.46. The summed E-state index contributed by atoms with van der Waals surface area (Å²) in [5.41, 5.74) is 0. The monoisotopic (exact) mass is 1360 g/mol. The molecule has 0 bridgehead atoms. The summed E-state index contributed by atoms with van der Waals surface area (Å²) in [4.78, 5) is 27.8. The molecule has 0 aromatic heterocycles. The Balaban J connectivity index is 1.90. The maximum Gasteiger partial charge on any atom is 0.397 e. The summed E-state index contributed by atoms with van der Waals surface area (Å²) < 4.78 is 67.6. The summed E-state index contributed by atoms with van der Waals surface area (Å²) in [5.74, 6) is 2.34. The highest BCUT2D eigenvalue weighted by Crippen LogP contribution is 2.36. The fourth-order valence-corrected chi connectivity index (χ4v) is 16.3. The van der Waals surface area contributed by atoms with Crippen LogP contribution in [-0.2, 0) is 47.9 Å². The van der Waals surface area contributed by atoms with Gasteiger partial charge in [-0.05, 0) is 124 Å². The van der Waals surface area contributed by atoms with E-state index in [2.05, 4.69) is 80.3 Å². The summed E-state index contributed by atoms with van der Waals surface area (Å²) in [6, 6.07) is 0. The van der Waals surface area contributed by atoms with Crippen molar-refractivity contribution in [3.05, 3.63) is 0 Å². The lowest BCUT2D eigenvalue weighted by atomic mass is 9.79. The fraction of sp³-hybridized carbons (Fsp3) is 0.974. The van der Waals surface area contributed by atoms with Gasteiger partial charge in [-0.25, -0.2) is 4.18 Å². The molecule has 0 aromatic carbocycles. The van der Waals surface area contributed by atoms with Crippen LogP contribution in [0.2, 0.25) is 0 Å². The lowest BCUT2D eigenvalue weighted by Crippen LogP contribution is -2.65. The number of carbonyl (C=O) groups is 2. The molecule has 0 aliphatic carbocycles. The van der Waals surface area contributed by atoms with Crippen LogP contribution in [-0.4, -0.2) is 136 Å². The number of unbranched alkanes of at least 4 members (excludes halogenated alkanes) is 26. The fourth-order valence-electron chi connectivity index (χ4n) is 15.8. The number of rotatable bonds is 58. The third-order valence-corrected chi connectivity index (χ3v) is 20.9. The number of hydrogen-bond donors (Lipinski definition) is 7. The van der Waals surface area contributed by atoms with E-state index >= 15 is 0 Å². The predicted molar refractivity (Wildman–Crippen MR) is 376 cm³/mol. The summed E-state index contributed by atoms with van der Waals surface area (Å²) >= 11 is 0. The quantitative estimate of drug-likeness (QED) is 0.0169. The van der Waals surface area contributed by atoms with Crippen LogP contribution in [0.15, 0.2) is 0 Å². The molecule has 0 amide bonds. The van der Waals surface area contributed by atoms with Crippen molar-refractivity contribution in [3.8, 4) is 0 Å². The molecule has 2 fully saturated rings. The molecule has 0 spiro atoms. The molecule has 7 N–H and O–H groups in total. The van der Waals surface area contributed by atoms with E-state index in [1.165, 1.54) is 161 Å².